The monoisotopic (exact) mass is 249 g/mol. The number of ketones is 1. The summed E-state index contributed by atoms with van der Waals surface area (Å²) >= 11 is 0. The third kappa shape index (κ3) is 3.91. The normalized spacial score (nSPS) is 16.7. The van der Waals surface area contributed by atoms with Crippen molar-refractivity contribution in [1.82, 2.24) is 5.32 Å². The van der Waals surface area contributed by atoms with Crippen molar-refractivity contribution in [2.45, 2.75) is 44.6 Å². The Kier molecular flexibility index (Phi) is 4.88. The van der Waals surface area contributed by atoms with E-state index in [-0.39, 0.29) is 11.6 Å². The lowest BCUT2D eigenvalue weighted by Crippen LogP contribution is -2.32. The first-order valence-electron chi connectivity index (χ1n) is 6.78. The molecule has 0 saturated heterocycles. The second kappa shape index (κ2) is 6.64. The molecule has 0 heterocycles. The molecule has 0 atom stereocenters. The van der Waals surface area contributed by atoms with Gasteiger partial charge >= 0.3 is 0 Å². The van der Waals surface area contributed by atoms with Gasteiger partial charge in [0, 0.05) is 24.6 Å². The smallest absolute Gasteiger partial charge is 0.164 e. The van der Waals surface area contributed by atoms with Gasteiger partial charge in [-0.1, -0.05) is 19.3 Å². The van der Waals surface area contributed by atoms with Crippen LogP contribution in [0.2, 0.25) is 0 Å². The number of rotatable bonds is 5. The molecule has 1 aromatic rings. The Morgan fingerprint density at radius 2 is 1.83 bits per heavy atom. The standard InChI is InChI=1S/C15H20FNO/c16-13-8-6-12(7-9-13)15(18)10-11-17-14-4-2-1-3-5-14/h6-9,14,17H,1-5,10-11H2. The fourth-order valence-electron chi connectivity index (χ4n) is 2.48. The van der Waals surface area contributed by atoms with E-state index in [2.05, 4.69) is 5.32 Å². The van der Waals surface area contributed by atoms with Crippen LogP contribution in [-0.2, 0) is 0 Å². The first-order chi connectivity index (χ1) is 8.75. The highest BCUT2D eigenvalue weighted by Crippen LogP contribution is 2.17. The lowest BCUT2D eigenvalue weighted by atomic mass is 9.95. The molecule has 0 amide bonds. The molecule has 0 bridgehead atoms. The number of hydrogen-bond acceptors (Lipinski definition) is 2. The van der Waals surface area contributed by atoms with Crippen molar-refractivity contribution in [2.24, 2.45) is 0 Å². The third-order valence-corrected chi connectivity index (χ3v) is 3.56. The predicted octanol–water partition coefficient (Wildman–Crippen LogP) is 3.32. The van der Waals surface area contributed by atoms with E-state index >= 15 is 0 Å². The predicted molar refractivity (Wildman–Crippen MR) is 70.2 cm³/mol. The van der Waals surface area contributed by atoms with Gasteiger partial charge in [0.25, 0.3) is 0 Å². The first-order valence-corrected chi connectivity index (χ1v) is 6.78. The van der Waals surface area contributed by atoms with Crippen molar-refractivity contribution in [3.05, 3.63) is 35.6 Å². The van der Waals surface area contributed by atoms with Crippen LogP contribution in [-0.4, -0.2) is 18.4 Å². The molecule has 1 saturated carbocycles. The highest BCUT2D eigenvalue weighted by atomic mass is 19.1. The zero-order chi connectivity index (χ0) is 12.8. The van der Waals surface area contributed by atoms with Gasteiger partial charge in [-0.05, 0) is 37.1 Å². The average molecular weight is 249 g/mol. The Morgan fingerprint density at radius 3 is 2.50 bits per heavy atom. The minimum Gasteiger partial charge on any atom is -0.314 e. The van der Waals surface area contributed by atoms with Crippen LogP contribution in [0.25, 0.3) is 0 Å². The van der Waals surface area contributed by atoms with Gasteiger partial charge in [-0.2, -0.15) is 0 Å². The van der Waals surface area contributed by atoms with Crippen molar-refractivity contribution >= 4 is 5.78 Å². The number of hydrogen-bond donors (Lipinski definition) is 1. The molecule has 1 aromatic carbocycles. The first kappa shape index (κ1) is 13.2. The van der Waals surface area contributed by atoms with Crippen molar-refractivity contribution < 1.29 is 9.18 Å². The second-order valence-corrected chi connectivity index (χ2v) is 4.97. The molecule has 2 nitrogen and oxygen atoms in total. The molecule has 18 heavy (non-hydrogen) atoms. The Morgan fingerprint density at radius 1 is 1.17 bits per heavy atom. The van der Waals surface area contributed by atoms with Crippen LogP contribution >= 0.6 is 0 Å². The Bertz CT molecular complexity index is 382. The molecular formula is C15H20FNO. The number of carbonyl (C=O) groups is 1. The zero-order valence-electron chi connectivity index (χ0n) is 10.6. The Balaban J connectivity index is 1.72. The summed E-state index contributed by atoms with van der Waals surface area (Å²) in [7, 11) is 0. The molecule has 1 aliphatic carbocycles. The highest BCUT2D eigenvalue weighted by molar-refractivity contribution is 5.96. The van der Waals surface area contributed by atoms with E-state index in [0.717, 1.165) is 6.54 Å². The molecule has 0 spiro atoms. The summed E-state index contributed by atoms with van der Waals surface area (Å²) < 4.78 is 12.7. The third-order valence-electron chi connectivity index (χ3n) is 3.56. The van der Waals surface area contributed by atoms with Crippen molar-refractivity contribution in [3.8, 4) is 0 Å². The van der Waals surface area contributed by atoms with Crippen LogP contribution in [0.5, 0.6) is 0 Å². The Hall–Kier alpha value is -1.22. The van der Waals surface area contributed by atoms with Crippen molar-refractivity contribution in [1.29, 1.82) is 0 Å². The van der Waals surface area contributed by atoms with E-state index in [4.69, 9.17) is 0 Å². The van der Waals surface area contributed by atoms with Gasteiger partial charge in [0.15, 0.2) is 5.78 Å². The van der Waals surface area contributed by atoms with E-state index in [1.54, 1.807) is 12.1 Å². The van der Waals surface area contributed by atoms with Crippen LogP contribution in [0.3, 0.4) is 0 Å². The molecule has 3 heteroatoms. The van der Waals surface area contributed by atoms with E-state index in [0.29, 0.717) is 18.0 Å². The van der Waals surface area contributed by atoms with Crippen LogP contribution in [0.4, 0.5) is 4.39 Å². The maximum atomic E-state index is 12.7. The van der Waals surface area contributed by atoms with Gasteiger partial charge < -0.3 is 5.32 Å². The molecule has 1 aliphatic rings. The van der Waals surface area contributed by atoms with Crippen LogP contribution in [0, 0.1) is 5.82 Å². The lowest BCUT2D eigenvalue weighted by Gasteiger charge is -2.22. The van der Waals surface area contributed by atoms with E-state index in [1.807, 2.05) is 0 Å². The molecule has 0 aliphatic heterocycles. The summed E-state index contributed by atoms with van der Waals surface area (Å²) in [5.41, 5.74) is 0.599. The fraction of sp³-hybridized carbons (Fsp3) is 0.533. The van der Waals surface area contributed by atoms with Gasteiger partial charge in [-0.25, -0.2) is 4.39 Å². The number of nitrogens with one attached hydrogen (secondary N) is 1. The summed E-state index contributed by atoms with van der Waals surface area (Å²) in [4.78, 5) is 11.8. The lowest BCUT2D eigenvalue weighted by molar-refractivity contribution is 0.0981. The molecule has 98 valence electrons. The summed E-state index contributed by atoms with van der Waals surface area (Å²) in [5.74, 6) is -0.217. The van der Waals surface area contributed by atoms with E-state index in [9.17, 15) is 9.18 Å². The van der Waals surface area contributed by atoms with Gasteiger partial charge in [0.2, 0.25) is 0 Å². The number of Topliss-reactive ketones (excluding diaryl/α,β-unsaturated/α-hetero) is 1. The maximum absolute atomic E-state index is 12.7. The quantitative estimate of drug-likeness (QED) is 0.811. The zero-order valence-corrected chi connectivity index (χ0v) is 10.6. The summed E-state index contributed by atoms with van der Waals surface area (Å²) in [6, 6.07) is 6.36. The highest BCUT2D eigenvalue weighted by Gasteiger charge is 2.13. The molecule has 0 unspecified atom stereocenters. The SMILES string of the molecule is O=C(CCNC1CCCCC1)c1ccc(F)cc1. The minimum absolute atomic E-state index is 0.0818. The summed E-state index contributed by atoms with van der Waals surface area (Å²) in [6.07, 6.45) is 6.87. The van der Waals surface area contributed by atoms with Crippen LogP contribution < -0.4 is 5.32 Å². The van der Waals surface area contributed by atoms with Gasteiger partial charge in [0.1, 0.15) is 5.82 Å². The van der Waals surface area contributed by atoms with E-state index in [1.165, 1.54) is 44.2 Å². The molecule has 1 fully saturated rings. The molecule has 0 aromatic heterocycles. The summed E-state index contributed by atoms with van der Waals surface area (Å²) in [5, 5.41) is 3.44. The fourth-order valence-corrected chi connectivity index (χ4v) is 2.48. The van der Waals surface area contributed by atoms with Gasteiger partial charge in [-0.15, -0.1) is 0 Å². The molecule has 1 N–H and O–H groups in total. The van der Waals surface area contributed by atoms with E-state index < -0.39 is 0 Å². The van der Waals surface area contributed by atoms with Gasteiger partial charge in [-0.3, -0.25) is 4.79 Å². The number of carbonyl (C=O) groups excluding carboxylic acids is 1. The number of benzene rings is 1. The number of halogens is 1. The topological polar surface area (TPSA) is 29.1 Å². The molecular weight excluding hydrogens is 229 g/mol. The average Bonchev–Trinajstić information content (AvgIpc) is 2.40. The summed E-state index contributed by atoms with van der Waals surface area (Å²) in [6.45, 7) is 0.723. The Labute approximate surface area is 108 Å². The molecule has 2 rings (SSSR count). The maximum Gasteiger partial charge on any atom is 0.164 e. The van der Waals surface area contributed by atoms with Gasteiger partial charge in [0.05, 0.1) is 0 Å². The largest absolute Gasteiger partial charge is 0.314 e. The second-order valence-electron chi connectivity index (χ2n) is 4.97. The van der Waals surface area contributed by atoms with Crippen LogP contribution in [0.15, 0.2) is 24.3 Å². The van der Waals surface area contributed by atoms with Crippen molar-refractivity contribution in [2.75, 3.05) is 6.54 Å². The van der Waals surface area contributed by atoms with Crippen molar-refractivity contribution in [3.63, 3.8) is 0 Å². The molecule has 0 radical (unpaired) electrons. The van der Waals surface area contributed by atoms with Crippen LogP contribution in [0.1, 0.15) is 48.9 Å². The minimum atomic E-state index is -0.299.